The first-order chi connectivity index (χ1) is 11.3. The summed E-state index contributed by atoms with van der Waals surface area (Å²) in [5.74, 6) is 1.24. The minimum Gasteiger partial charge on any atom is -0.361 e. The number of piperazine rings is 1. The molecular formula is C19H38N4O. The zero-order valence-electron chi connectivity index (χ0n) is 16.8. The molecule has 5 nitrogen and oxygen atoms in total. The van der Waals surface area contributed by atoms with Crippen LogP contribution in [0.4, 0.5) is 0 Å². The molecule has 1 aliphatic rings. The summed E-state index contributed by atoms with van der Waals surface area (Å²) in [6, 6.07) is 0. The molecule has 0 aromatic rings. The van der Waals surface area contributed by atoms with Gasteiger partial charge in [-0.05, 0) is 33.9 Å². The van der Waals surface area contributed by atoms with E-state index in [4.69, 9.17) is 4.99 Å². The number of carbonyl (C=O) groups excluding carboxylic acids is 1. The maximum absolute atomic E-state index is 12.4. The Labute approximate surface area is 149 Å². The number of hydrogen-bond acceptors (Lipinski definition) is 4. The first kappa shape index (κ1) is 21.1. The second-order valence-corrected chi connectivity index (χ2v) is 7.82. The Morgan fingerprint density at radius 2 is 1.67 bits per heavy atom. The Morgan fingerprint density at radius 1 is 1.08 bits per heavy atom. The van der Waals surface area contributed by atoms with E-state index in [1.165, 1.54) is 0 Å². The molecule has 0 amide bonds. The summed E-state index contributed by atoms with van der Waals surface area (Å²) in [5, 5.41) is 0. The first-order valence-electron chi connectivity index (χ1n) is 9.50. The van der Waals surface area contributed by atoms with Gasteiger partial charge in [0.2, 0.25) is 0 Å². The van der Waals surface area contributed by atoms with Crippen molar-refractivity contribution in [3.05, 3.63) is 0 Å². The zero-order chi connectivity index (χ0) is 18.2. The average Bonchev–Trinajstić information content (AvgIpc) is 2.53. The molecule has 0 bridgehead atoms. The van der Waals surface area contributed by atoms with Crippen molar-refractivity contribution in [1.29, 1.82) is 0 Å². The van der Waals surface area contributed by atoms with Crippen molar-refractivity contribution < 1.29 is 4.79 Å². The number of aliphatic imine (C=N–C) groups is 1. The highest BCUT2D eigenvalue weighted by atomic mass is 16.1. The van der Waals surface area contributed by atoms with Crippen molar-refractivity contribution in [3.8, 4) is 0 Å². The lowest BCUT2D eigenvalue weighted by atomic mass is 9.88. The molecule has 24 heavy (non-hydrogen) atoms. The van der Waals surface area contributed by atoms with E-state index in [1.807, 2.05) is 20.8 Å². The Hall–Kier alpha value is -0.940. The second-order valence-electron chi connectivity index (χ2n) is 7.82. The van der Waals surface area contributed by atoms with Crippen LogP contribution in [0.3, 0.4) is 0 Å². The van der Waals surface area contributed by atoms with E-state index in [-0.39, 0.29) is 11.2 Å². The predicted octanol–water partition coefficient (Wildman–Crippen LogP) is 2.37. The predicted molar refractivity (Wildman–Crippen MR) is 103 cm³/mol. The van der Waals surface area contributed by atoms with E-state index >= 15 is 0 Å². The van der Waals surface area contributed by atoms with Crippen LogP contribution in [0.25, 0.3) is 0 Å². The average molecular weight is 339 g/mol. The van der Waals surface area contributed by atoms with Crippen LogP contribution in [0, 0.1) is 5.41 Å². The van der Waals surface area contributed by atoms with Gasteiger partial charge in [0.25, 0.3) is 0 Å². The van der Waals surface area contributed by atoms with Gasteiger partial charge in [-0.25, -0.2) is 0 Å². The fourth-order valence-corrected chi connectivity index (χ4v) is 2.84. The highest BCUT2D eigenvalue weighted by Gasteiger charge is 2.24. The van der Waals surface area contributed by atoms with Crippen molar-refractivity contribution in [3.63, 3.8) is 0 Å². The molecule has 140 valence electrons. The molecular weight excluding hydrogens is 300 g/mol. The molecule has 0 aromatic heterocycles. The summed E-state index contributed by atoms with van der Waals surface area (Å²) in [5.41, 5.74) is -0.298. The number of Topliss-reactive ketones (excluding diaryl/α,β-unsaturated/α-hetero) is 1. The summed E-state index contributed by atoms with van der Waals surface area (Å²) in [7, 11) is 2.18. The van der Waals surface area contributed by atoms with Gasteiger partial charge in [-0.1, -0.05) is 20.8 Å². The number of ketones is 1. The molecule has 0 aromatic carbocycles. The molecule has 0 N–H and O–H groups in total. The third-order valence-electron chi connectivity index (χ3n) is 4.81. The van der Waals surface area contributed by atoms with E-state index in [0.717, 1.165) is 64.6 Å². The van der Waals surface area contributed by atoms with Gasteiger partial charge in [0.05, 0.1) is 6.42 Å². The lowest BCUT2D eigenvalue weighted by Gasteiger charge is -2.32. The molecule has 1 heterocycles. The molecule has 1 saturated heterocycles. The number of amidine groups is 1. The van der Waals surface area contributed by atoms with E-state index in [1.54, 1.807) is 0 Å². The van der Waals surface area contributed by atoms with Crippen LogP contribution in [0.15, 0.2) is 4.99 Å². The lowest BCUT2D eigenvalue weighted by molar-refractivity contribution is -0.125. The smallest absolute Gasteiger partial charge is 0.145 e. The Bertz CT molecular complexity index is 402. The van der Waals surface area contributed by atoms with Gasteiger partial charge in [0.1, 0.15) is 11.6 Å². The monoisotopic (exact) mass is 338 g/mol. The fourth-order valence-electron chi connectivity index (χ4n) is 2.84. The molecule has 0 spiro atoms. The van der Waals surface area contributed by atoms with Gasteiger partial charge in [-0.3, -0.25) is 9.79 Å². The van der Waals surface area contributed by atoms with E-state index in [9.17, 15) is 4.79 Å². The van der Waals surface area contributed by atoms with Crippen molar-refractivity contribution in [1.82, 2.24) is 14.7 Å². The molecule has 5 heteroatoms. The van der Waals surface area contributed by atoms with Gasteiger partial charge < -0.3 is 14.7 Å². The van der Waals surface area contributed by atoms with E-state index < -0.39 is 0 Å². The SMILES string of the molecule is CCN(CC)C(CC(=O)C(C)(C)C)=NCCCN1CCN(C)CC1. The molecule has 1 fully saturated rings. The fraction of sp³-hybridized carbons (Fsp3) is 0.895. The van der Waals surface area contributed by atoms with Gasteiger partial charge in [-0.2, -0.15) is 0 Å². The van der Waals surface area contributed by atoms with E-state index in [2.05, 4.69) is 35.6 Å². The van der Waals surface area contributed by atoms with Crippen LogP contribution in [0.2, 0.25) is 0 Å². The number of likely N-dealkylation sites (N-methyl/N-ethyl adjacent to an activating group) is 1. The number of hydrogen-bond donors (Lipinski definition) is 0. The molecule has 0 saturated carbocycles. The molecule has 0 unspecified atom stereocenters. The Kier molecular flexibility index (Phi) is 8.92. The molecule has 1 rings (SSSR count). The van der Waals surface area contributed by atoms with E-state index in [0.29, 0.717) is 6.42 Å². The molecule has 0 radical (unpaired) electrons. The van der Waals surface area contributed by atoms with Crippen molar-refractivity contribution >= 4 is 11.6 Å². The third kappa shape index (κ3) is 7.31. The topological polar surface area (TPSA) is 39.2 Å². The highest BCUT2D eigenvalue weighted by molar-refractivity contribution is 6.02. The summed E-state index contributed by atoms with van der Waals surface area (Å²) < 4.78 is 0. The van der Waals surface area contributed by atoms with Gasteiger partial charge in [-0.15, -0.1) is 0 Å². The number of rotatable bonds is 8. The molecule has 0 atom stereocenters. The van der Waals surface area contributed by atoms with Crippen LogP contribution in [-0.4, -0.2) is 85.7 Å². The van der Waals surface area contributed by atoms with Crippen LogP contribution >= 0.6 is 0 Å². The van der Waals surface area contributed by atoms with Crippen molar-refractivity contribution in [2.24, 2.45) is 10.4 Å². The van der Waals surface area contributed by atoms with Crippen molar-refractivity contribution in [2.75, 3.05) is 59.4 Å². The minimum atomic E-state index is -0.298. The lowest BCUT2D eigenvalue weighted by Crippen LogP contribution is -2.44. The molecule has 0 aliphatic carbocycles. The summed E-state index contributed by atoms with van der Waals surface area (Å²) in [4.78, 5) is 24.3. The number of carbonyl (C=O) groups is 1. The first-order valence-corrected chi connectivity index (χ1v) is 9.50. The minimum absolute atomic E-state index is 0.271. The normalized spacial score (nSPS) is 18.0. The Balaban J connectivity index is 2.53. The van der Waals surface area contributed by atoms with Crippen LogP contribution in [0.1, 0.15) is 47.5 Å². The maximum Gasteiger partial charge on any atom is 0.145 e. The van der Waals surface area contributed by atoms with Crippen LogP contribution in [0.5, 0.6) is 0 Å². The highest BCUT2D eigenvalue weighted by Crippen LogP contribution is 2.18. The summed E-state index contributed by atoms with van der Waals surface area (Å²) in [6.45, 7) is 18.6. The summed E-state index contributed by atoms with van der Waals surface area (Å²) in [6.07, 6.45) is 1.53. The quantitative estimate of drug-likeness (QED) is 0.387. The van der Waals surface area contributed by atoms with Crippen molar-refractivity contribution in [2.45, 2.75) is 47.5 Å². The van der Waals surface area contributed by atoms with Gasteiger partial charge in [0, 0.05) is 51.2 Å². The largest absolute Gasteiger partial charge is 0.361 e. The second kappa shape index (κ2) is 10.1. The standard InChI is InChI=1S/C19H38N4O/c1-7-23(8-2)18(16-17(24)19(3,4)5)20-10-9-11-22-14-12-21(6)13-15-22/h7-16H2,1-6H3. The van der Waals surface area contributed by atoms with Crippen LogP contribution in [-0.2, 0) is 4.79 Å². The Morgan fingerprint density at radius 3 is 2.17 bits per heavy atom. The molecule has 1 aliphatic heterocycles. The third-order valence-corrected chi connectivity index (χ3v) is 4.81. The number of nitrogens with zero attached hydrogens (tertiary/aromatic N) is 4. The maximum atomic E-state index is 12.4. The van der Waals surface area contributed by atoms with Gasteiger partial charge in [0.15, 0.2) is 0 Å². The van der Waals surface area contributed by atoms with Gasteiger partial charge >= 0.3 is 0 Å². The van der Waals surface area contributed by atoms with Crippen LogP contribution < -0.4 is 0 Å². The summed E-state index contributed by atoms with van der Waals surface area (Å²) >= 11 is 0. The zero-order valence-corrected chi connectivity index (χ0v) is 16.8.